The Morgan fingerprint density at radius 3 is 2.79 bits per heavy atom. The number of nitrogens with zero attached hydrogens (tertiary/aromatic N) is 1. The zero-order valence-corrected chi connectivity index (χ0v) is 11.1. The number of urea groups is 1. The molecular weight excluding hydrogens is 266 g/mol. The highest BCUT2D eigenvalue weighted by molar-refractivity contribution is 7.80. The van der Waals surface area contributed by atoms with E-state index < -0.39 is 6.03 Å². The van der Waals surface area contributed by atoms with Crippen molar-refractivity contribution in [3.05, 3.63) is 29.3 Å². The van der Waals surface area contributed by atoms with Crippen molar-refractivity contribution in [3.63, 3.8) is 0 Å². The van der Waals surface area contributed by atoms with E-state index in [9.17, 15) is 9.59 Å². The molecule has 1 saturated heterocycles. The van der Waals surface area contributed by atoms with Gasteiger partial charge in [-0.25, -0.2) is 4.79 Å². The van der Waals surface area contributed by atoms with Gasteiger partial charge < -0.3 is 15.8 Å². The third-order valence-electron chi connectivity index (χ3n) is 2.81. The normalized spacial score (nSPS) is 14.5. The maximum Gasteiger partial charge on any atom is 0.324 e. The van der Waals surface area contributed by atoms with Gasteiger partial charge in [-0.05, 0) is 17.7 Å². The topological polar surface area (TPSA) is 84.7 Å². The highest BCUT2D eigenvalue weighted by Gasteiger charge is 2.28. The molecule has 3 amide bonds. The van der Waals surface area contributed by atoms with E-state index in [0.717, 1.165) is 10.5 Å². The first kappa shape index (κ1) is 13.3. The van der Waals surface area contributed by atoms with Crippen LogP contribution in [-0.4, -0.2) is 35.5 Å². The van der Waals surface area contributed by atoms with Crippen molar-refractivity contribution in [2.24, 2.45) is 5.73 Å². The number of methoxy groups -OCH3 is 1. The fourth-order valence-electron chi connectivity index (χ4n) is 1.84. The Bertz CT molecular complexity index is 543. The standard InChI is InChI=1S/C12H13N3O3S/c1-18-9-3-2-7(4-8(9)11(13)19)6-15-10(16)5-14-12(15)17/h2-4H,5-6H2,1H3,(H2,13,19)(H,14,17). The molecule has 19 heavy (non-hydrogen) atoms. The molecule has 0 bridgehead atoms. The average Bonchev–Trinajstić information content (AvgIpc) is 2.70. The van der Waals surface area contributed by atoms with Gasteiger partial charge in [0.1, 0.15) is 10.7 Å². The van der Waals surface area contributed by atoms with E-state index in [0.29, 0.717) is 11.3 Å². The molecule has 0 aliphatic carbocycles. The summed E-state index contributed by atoms with van der Waals surface area (Å²) < 4.78 is 5.15. The molecule has 3 N–H and O–H groups in total. The second-order valence-electron chi connectivity index (χ2n) is 4.04. The fourth-order valence-corrected chi connectivity index (χ4v) is 2.00. The summed E-state index contributed by atoms with van der Waals surface area (Å²) in [5.74, 6) is 0.311. The summed E-state index contributed by atoms with van der Waals surface area (Å²) >= 11 is 4.94. The van der Waals surface area contributed by atoms with Crippen molar-refractivity contribution in [1.29, 1.82) is 0 Å². The molecule has 1 fully saturated rings. The summed E-state index contributed by atoms with van der Waals surface area (Å²) in [6.07, 6.45) is 0. The van der Waals surface area contributed by atoms with Crippen LogP contribution < -0.4 is 15.8 Å². The number of ether oxygens (including phenoxy) is 1. The number of nitrogens with one attached hydrogen (secondary N) is 1. The van der Waals surface area contributed by atoms with Crippen LogP contribution in [0.1, 0.15) is 11.1 Å². The Labute approximate surface area is 115 Å². The van der Waals surface area contributed by atoms with Crippen LogP contribution in [0.5, 0.6) is 5.75 Å². The number of imide groups is 1. The molecule has 7 heteroatoms. The minimum atomic E-state index is -0.391. The summed E-state index contributed by atoms with van der Waals surface area (Å²) in [5, 5.41) is 2.46. The zero-order chi connectivity index (χ0) is 14.0. The summed E-state index contributed by atoms with van der Waals surface area (Å²) in [6.45, 7) is 0.224. The van der Waals surface area contributed by atoms with E-state index in [1.54, 1.807) is 18.2 Å². The summed E-state index contributed by atoms with van der Waals surface area (Å²) in [5.41, 5.74) is 6.96. The van der Waals surface area contributed by atoms with Crippen molar-refractivity contribution < 1.29 is 14.3 Å². The first-order valence-electron chi connectivity index (χ1n) is 5.58. The van der Waals surface area contributed by atoms with Gasteiger partial charge in [0.05, 0.1) is 25.8 Å². The number of nitrogens with two attached hydrogens (primary N) is 1. The van der Waals surface area contributed by atoms with Gasteiger partial charge in [0.25, 0.3) is 0 Å². The minimum absolute atomic E-state index is 0.0388. The number of amides is 3. The molecule has 0 saturated carbocycles. The first-order chi connectivity index (χ1) is 9.02. The third kappa shape index (κ3) is 2.65. The van der Waals surface area contributed by atoms with Gasteiger partial charge in [0.2, 0.25) is 5.91 Å². The Kier molecular flexibility index (Phi) is 3.66. The molecule has 6 nitrogen and oxygen atoms in total. The molecule has 2 rings (SSSR count). The third-order valence-corrected chi connectivity index (χ3v) is 3.03. The van der Waals surface area contributed by atoms with Gasteiger partial charge in [-0.2, -0.15) is 0 Å². The fraction of sp³-hybridized carbons (Fsp3) is 0.250. The van der Waals surface area contributed by atoms with Crippen molar-refractivity contribution in [1.82, 2.24) is 10.2 Å². The summed E-state index contributed by atoms with van der Waals surface area (Å²) in [4.78, 5) is 24.3. The van der Waals surface area contributed by atoms with E-state index in [4.69, 9.17) is 22.7 Å². The Balaban J connectivity index is 2.26. The molecule has 0 unspecified atom stereocenters. The molecule has 1 heterocycles. The maximum atomic E-state index is 11.5. The van der Waals surface area contributed by atoms with Gasteiger partial charge in [-0.3, -0.25) is 9.69 Å². The Hall–Kier alpha value is -2.15. The zero-order valence-electron chi connectivity index (χ0n) is 10.3. The molecule has 1 aromatic carbocycles. The van der Waals surface area contributed by atoms with Crippen LogP contribution in [0, 0.1) is 0 Å². The van der Waals surface area contributed by atoms with Crippen LogP contribution in [0.2, 0.25) is 0 Å². The second kappa shape index (κ2) is 5.23. The van der Waals surface area contributed by atoms with Crippen LogP contribution in [-0.2, 0) is 11.3 Å². The molecule has 1 aliphatic heterocycles. The van der Waals surface area contributed by atoms with E-state index in [1.165, 1.54) is 7.11 Å². The first-order valence-corrected chi connectivity index (χ1v) is 5.98. The number of carbonyl (C=O) groups is 2. The van der Waals surface area contributed by atoms with Gasteiger partial charge in [-0.15, -0.1) is 0 Å². The van der Waals surface area contributed by atoms with Crippen LogP contribution >= 0.6 is 12.2 Å². The SMILES string of the molecule is COc1ccc(CN2C(=O)CNC2=O)cc1C(N)=S. The molecule has 0 atom stereocenters. The lowest BCUT2D eigenvalue weighted by Gasteiger charge is -2.14. The molecule has 0 spiro atoms. The predicted molar refractivity (Wildman–Crippen MR) is 72.8 cm³/mol. The smallest absolute Gasteiger partial charge is 0.324 e. The van der Waals surface area contributed by atoms with Crippen molar-refractivity contribution in [2.75, 3.05) is 13.7 Å². The Morgan fingerprint density at radius 1 is 1.53 bits per heavy atom. The number of benzene rings is 1. The van der Waals surface area contributed by atoms with Crippen LogP contribution in [0.4, 0.5) is 4.79 Å². The number of rotatable bonds is 4. The van der Waals surface area contributed by atoms with Crippen LogP contribution in [0.15, 0.2) is 18.2 Å². The summed E-state index contributed by atoms with van der Waals surface area (Å²) in [7, 11) is 1.52. The lowest BCUT2D eigenvalue weighted by molar-refractivity contribution is -0.125. The van der Waals surface area contributed by atoms with Gasteiger partial charge in [0.15, 0.2) is 0 Å². The number of carbonyl (C=O) groups excluding carboxylic acids is 2. The van der Waals surface area contributed by atoms with Crippen LogP contribution in [0.25, 0.3) is 0 Å². The lowest BCUT2D eigenvalue weighted by Crippen LogP contribution is -2.30. The molecule has 0 radical (unpaired) electrons. The lowest BCUT2D eigenvalue weighted by atomic mass is 10.1. The second-order valence-corrected chi connectivity index (χ2v) is 4.48. The molecule has 100 valence electrons. The molecule has 0 aromatic heterocycles. The van der Waals surface area contributed by atoms with Gasteiger partial charge in [-0.1, -0.05) is 18.3 Å². The highest BCUT2D eigenvalue weighted by atomic mass is 32.1. The Morgan fingerprint density at radius 2 is 2.26 bits per heavy atom. The van der Waals surface area contributed by atoms with E-state index in [2.05, 4.69) is 5.32 Å². The molecular formula is C12H13N3O3S. The van der Waals surface area contributed by atoms with Gasteiger partial charge in [0, 0.05) is 0 Å². The number of thiocarbonyl (C=S) groups is 1. The van der Waals surface area contributed by atoms with Crippen molar-refractivity contribution in [3.8, 4) is 5.75 Å². The van der Waals surface area contributed by atoms with Gasteiger partial charge >= 0.3 is 6.03 Å². The number of hydrogen-bond acceptors (Lipinski definition) is 4. The van der Waals surface area contributed by atoms with E-state index in [1.807, 2.05) is 0 Å². The van der Waals surface area contributed by atoms with Crippen LogP contribution in [0.3, 0.4) is 0 Å². The highest BCUT2D eigenvalue weighted by Crippen LogP contribution is 2.21. The summed E-state index contributed by atoms with van der Waals surface area (Å²) in [6, 6.07) is 4.81. The predicted octanol–water partition coefficient (Wildman–Crippen LogP) is 0.381. The molecule has 1 aromatic rings. The van der Waals surface area contributed by atoms with Crippen molar-refractivity contribution >= 4 is 29.1 Å². The largest absolute Gasteiger partial charge is 0.496 e. The minimum Gasteiger partial charge on any atom is -0.496 e. The van der Waals surface area contributed by atoms with E-state index in [-0.39, 0.29) is 24.0 Å². The quantitative estimate of drug-likeness (QED) is 0.615. The molecule has 1 aliphatic rings. The van der Waals surface area contributed by atoms with Crippen molar-refractivity contribution in [2.45, 2.75) is 6.54 Å². The maximum absolute atomic E-state index is 11.5. The average molecular weight is 279 g/mol. The number of hydrogen-bond donors (Lipinski definition) is 2. The van der Waals surface area contributed by atoms with E-state index >= 15 is 0 Å². The monoisotopic (exact) mass is 279 g/mol.